The first-order valence-corrected chi connectivity index (χ1v) is 17.3. The molecule has 0 radical (unpaired) electrons. The van der Waals surface area contributed by atoms with Crippen LogP contribution in [-0.2, 0) is 32.3 Å². The molecule has 46 heavy (non-hydrogen) atoms. The molecule has 1 aliphatic rings. The number of amides is 2. The van der Waals surface area contributed by atoms with Crippen LogP contribution in [0.4, 0.5) is 18.9 Å². The number of benzene rings is 3. The largest absolute Gasteiger partial charge is 0.416 e. The highest BCUT2D eigenvalue weighted by molar-refractivity contribution is 7.92. The van der Waals surface area contributed by atoms with E-state index in [2.05, 4.69) is 5.32 Å². The average molecular weight is 719 g/mol. The summed E-state index contributed by atoms with van der Waals surface area (Å²) in [6, 6.07) is 12.7. The van der Waals surface area contributed by atoms with E-state index >= 15 is 0 Å². The highest BCUT2D eigenvalue weighted by atomic mass is 35.5. The number of alkyl halides is 3. The Morgan fingerprint density at radius 3 is 2.22 bits per heavy atom. The van der Waals surface area contributed by atoms with Gasteiger partial charge in [0.05, 0.1) is 21.2 Å². The van der Waals surface area contributed by atoms with Crippen molar-refractivity contribution in [1.29, 1.82) is 0 Å². The number of nitrogens with one attached hydrogen (secondary N) is 1. The first-order chi connectivity index (χ1) is 21.7. The van der Waals surface area contributed by atoms with Crippen molar-refractivity contribution in [2.24, 2.45) is 0 Å². The molecule has 2 amide bonds. The van der Waals surface area contributed by atoms with Crippen molar-refractivity contribution in [3.8, 4) is 0 Å². The first-order valence-electron chi connectivity index (χ1n) is 14.7. The van der Waals surface area contributed by atoms with E-state index in [1.165, 1.54) is 35.2 Å². The van der Waals surface area contributed by atoms with Crippen LogP contribution in [0.1, 0.15) is 56.6 Å². The highest BCUT2D eigenvalue weighted by Gasteiger charge is 2.37. The predicted molar refractivity (Wildman–Crippen MR) is 174 cm³/mol. The fourth-order valence-corrected chi connectivity index (χ4v) is 7.59. The fourth-order valence-electron chi connectivity index (χ4n) is 5.41. The molecule has 4 rings (SSSR count). The van der Waals surface area contributed by atoms with Gasteiger partial charge in [0.15, 0.2) is 0 Å². The van der Waals surface area contributed by atoms with Gasteiger partial charge in [0.2, 0.25) is 11.8 Å². The molecule has 14 heteroatoms. The Hall–Kier alpha value is -2.99. The minimum Gasteiger partial charge on any atom is -0.352 e. The van der Waals surface area contributed by atoms with Gasteiger partial charge in [-0.3, -0.25) is 13.9 Å². The van der Waals surface area contributed by atoms with E-state index in [1.54, 1.807) is 25.1 Å². The van der Waals surface area contributed by atoms with Crippen LogP contribution in [0.2, 0.25) is 15.1 Å². The molecule has 0 aromatic heterocycles. The van der Waals surface area contributed by atoms with Gasteiger partial charge in [-0.1, -0.05) is 85.3 Å². The molecule has 3 aromatic carbocycles. The summed E-state index contributed by atoms with van der Waals surface area (Å²) < 4.78 is 69.8. The number of rotatable bonds is 11. The van der Waals surface area contributed by atoms with Gasteiger partial charge in [-0.15, -0.1) is 0 Å². The van der Waals surface area contributed by atoms with Crippen molar-refractivity contribution in [3.05, 3.63) is 92.9 Å². The Labute approximate surface area is 281 Å². The highest BCUT2D eigenvalue weighted by Crippen LogP contribution is 2.37. The van der Waals surface area contributed by atoms with Gasteiger partial charge in [0.25, 0.3) is 10.0 Å². The van der Waals surface area contributed by atoms with Crippen LogP contribution in [0.5, 0.6) is 0 Å². The predicted octanol–water partition coefficient (Wildman–Crippen LogP) is 8.12. The van der Waals surface area contributed by atoms with Crippen molar-refractivity contribution < 1.29 is 31.2 Å². The molecule has 0 bridgehead atoms. The number of anilines is 1. The zero-order valence-electron chi connectivity index (χ0n) is 24.9. The molecule has 1 saturated carbocycles. The molecular formula is C32H33Cl3F3N3O4S. The summed E-state index contributed by atoms with van der Waals surface area (Å²) in [4.78, 5) is 28.9. The van der Waals surface area contributed by atoms with E-state index < -0.39 is 51.9 Å². The lowest BCUT2D eigenvalue weighted by atomic mass is 9.95. The smallest absolute Gasteiger partial charge is 0.352 e. The van der Waals surface area contributed by atoms with Gasteiger partial charge < -0.3 is 10.2 Å². The van der Waals surface area contributed by atoms with E-state index in [0.29, 0.717) is 21.0 Å². The van der Waals surface area contributed by atoms with Gasteiger partial charge in [0, 0.05) is 22.6 Å². The Morgan fingerprint density at radius 2 is 1.61 bits per heavy atom. The Balaban J connectivity index is 1.79. The summed E-state index contributed by atoms with van der Waals surface area (Å²) in [5.41, 5.74) is -1.27. The van der Waals surface area contributed by atoms with Gasteiger partial charge >= 0.3 is 6.18 Å². The second-order valence-electron chi connectivity index (χ2n) is 11.0. The summed E-state index contributed by atoms with van der Waals surface area (Å²) >= 11 is 18.8. The first kappa shape index (κ1) is 35.9. The van der Waals surface area contributed by atoms with Crippen molar-refractivity contribution >= 4 is 62.3 Å². The van der Waals surface area contributed by atoms with Crippen molar-refractivity contribution in [2.45, 2.75) is 75.1 Å². The number of sulfonamides is 1. The molecule has 3 aromatic rings. The Morgan fingerprint density at radius 1 is 0.935 bits per heavy atom. The molecular weight excluding hydrogens is 686 g/mol. The number of hydrogen-bond donors (Lipinski definition) is 1. The molecule has 1 atom stereocenters. The third-order valence-corrected chi connectivity index (χ3v) is 10.5. The summed E-state index contributed by atoms with van der Waals surface area (Å²) in [5, 5.41) is 3.25. The molecule has 0 saturated heterocycles. The number of hydrogen-bond acceptors (Lipinski definition) is 4. The van der Waals surface area contributed by atoms with Crippen molar-refractivity contribution in [3.63, 3.8) is 0 Å². The average Bonchev–Trinajstić information content (AvgIpc) is 3.01. The Bertz CT molecular complexity index is 1650. The van der Waals surface area contributed by atoms with Gasteiger partial charge in [-0.25, -0.2) is 8.42 Å². The number of carbonyl (C=O) groups excluding carboxylic acids is 2. The van der Waals surface area contributed by atoms with E-state index in [1.807, 2.05) is 0 Å². The second-order valence-corrected chi connectivity index (χ2v) is 14.1. The molecule has 1 aliphatic carbocycles. The van der Waals surface area contributed by atoms with E-state index in [4.69, 9.17) is 34.8 Å². The van der Waals surface area contributed by atoms with Crippen molar-refractivity contribution in [1.82, 2.24) is 10.2 Å². The molecule has 0 spiro atoms. The maximum Gasteiger partial charge on any atom is 0.416 e. The quantitative estimate of drug-likeness (QED) is 0.217. The zero-order valence-corrected chi connectivity index (χ0v) is 28.0. The summed E-state index contributed by atoms with van der Waals surface area (Å²) in [6.45, 7) is 0.536. The Kier molecular flexibility index (Phi) is 11.9. The maximum atomic E-state index is 14.3. The lowest BCUT2D eigenvalue weighted by Crippen LogP contribution is -2.54. The maximum absolute atomic E-state index is 14.3. The normalized spacial score (nSPS) is 14.8. The van der Waals surface area contributed by atoms with Crippen LogP contribution >= 0.6 is 34.8 Å². The van der Waals surface area contributed by atoms with Gasteiger partial charge in [0.1, 0.15) is 12.6 Å². The summed E-state index contributed by atoms with van der Waals surface area (Å²) in [7, 11) is -4.64. The minimum atomic E-state index is -4.83. The molecule has 0 heterocycles. The van der Waals surface area contributed by atoms with Crippen LogP contribution in [0.3, 0.4) is 0 Å². The molecule has 1 fully saturated rings. The van der Waals surface area contributed by atoms with E-state index in [0.717, 1.165) is 44.2 Å². The number of halogens is 6. The minimum absolute atomic E-state index is 0.0785. The molecule has 248 valence electrons. The summed E-state index contributed by atoms with van der Waals surface area (Å²) in [6.07, 6.45) is -0.123. The van der Waals surface area contributed by atoms with Gasteiger partial charge in [-0.05, 0) is 67.3 Å². The van der Waals surface area contributed by atoms with Gasteiger partial charge in [-0.2, -0.15) is 13.2 Å². The number of carbonyl (C=O) groups is 2. The van der Waals surface area contributed by atoms with Crippen LogP contribution in [0.25, 0.3) is 0 Å². The van der Waals surface area contributed by atoms with Crippen LogP contribution in [0, 0.1) is 0 Å². The molecule has 7 nitrogen and oxygen atoms in total. The third-order valence-electron chi connectivity index (χ3n) is 7.85. The van der Waals surface area contributed by atoms with Crippen LogP contribution in [0.15, 0.2) is 71.6 Å². The zero-order chi connectivity index (χ0) is 33.6. The topological polar surface area (TPSA) is 86.8 Å². The monoisotopic (exact) mass is 717 g/mol. The lowest BCUT2D eigenvalue weighted by Gasteiger charge is -2.35. The standard InChI is InChI=1S/C32H33Cl3F3N3O4S/c1-2-28(31(43)39-24-9-5-3-6-10-24)40(19-21-13-15-23(33)18-27(21)35)30(42)20-41(46(44,45)25-11-7-4-8-12-25)29-17-22(32(36,37)38)14-16-26(29)34/h4,7-8,11-18,24,28H,2-3,5-6,9-10,19-20H2,1H3,(H,39,43)/t28-/m0/s1. The van der Waals surface area contributed by atoms with Crippen LogP contribution < -0.4 is 9.62 Å². The molecule has 1 N–H and O–H groups in total. The SMILES string of the molecule is CC[C@@H](C(=O)NC1CCCCC1)N(Cc1ccc(Cl)cc1Cl)C(=O)CN(c1cc(C(F)(F)F)ccc1Cl)S(=O)(=O)c1ccccc1. The number of nitrogens with zero attached hydrogens (tertiary/aromatic N) is 2. The second kappa shape index (κ2) is 15.3. The third kappa shape index (κ3) is 8.67. The molecule has 0 unspecified atom stereocenters. The van der Waals surface area contributed by atoms with E-state index in [9.17, 15) is 31.2 Å². The lowest BCUT2D eigenvalue weighted by molar-refractivity contribution is -0.140. The van der Waals surface area contributed by atoms with E-state index in [-0.39, 0.29) is 33.9 Å². The molecule has 0 aliphatic heterocycles. The van der Waals surface area contributed by atoms with Crippen molar-refractivity contribution in [2.75, 3.05) is 10.8 Å². The fraction of sp³-hybridized carbons (Fsp3) is 0.375. The van der Waals surface area contributed by atoms with Crippen LogP contribution in [-0.4, -0.2) is 43.8 Å². The summed E-state index contributed by atoms with van der Waals surface area (Å²) in [5.74, 6) is -1.29.